The van der Waals surface area contributed by atoms with Gasteiger partial charge in [0.05, 0.1) is 50.3 Å². The van der Waals surface area contributed by atoms with Gasteiger partial charge in [-0.25, -0.2) is 0 Å². The number of carbonyl (C=O) groups excluding carboxylic acids is 8. The van der Waals surface area contributed by atoms with E-state index in [1.807, 2.05) is 5.32 Å². The number of primary amides is 1. The van der Waals surface area contributed by atoms with Gasteiger partial charge in [-0.3, -0.25) is 48.5 Å². The van der Waals surface area contributed by atoms with Gasteiger partial charge in [-0.15, -0.1) is 0 Å². The van der Waals surface area contributed by atoms with E-state index >= 15 is 0 Å². The first-order valence-electron chi connectivity index (χ1n) is 15.1. The topological polar surface area (TPSA) is 292 Å². The predicted molar refractivity (Wildman–Crippen MR) is 166 cm³/mol. The molecule has 0 radical (unpaired) electrons. The molecule has 10 N–H and O–H groups in total. The lowest BCUT2D eigenvalue weighted by Crippen LogP contribution is -2.59. The second kappa shape index (κ2) is 21.6. The fourth-order valence-electron chi connectivity index (χ4n) is 4.27. The number of carboxylic acid groups (broad SMARTS) is 1. The van der Waals surface area contributed by atoms with Gasteiger partial charge in [0.25, 0.3) is 0 Å². The Balaban J connectivity index is 5.57. The zero-order valence-corrected chi connectivity index (χ0v) is 27.6. The molecule has 0 aliphatic carbocycles. The molecule has 18 nitrogen and oxygen atoms in total. The van der Waals surface area contributed by atoms with Crippen molar-refractivity contribution in [2.75, 3.05) is 26.7 Å². The number of aliphatic carboxylic acids is 1. The maximum atomic E-state index is 13.2. The van der Waals surface area contributed by atoms with Crippen molar-refractivity contribution in [3.8, 4) is 0 Å². The Bertz CT molecular complexity index is 1150. The van der Waals surface area contributed by atoms with E-state index in [1.54, 1.807) is 13.8 Å². The molecule has 0 aliphatic rings. The van der Waals surface area contributed by atoms with Crippen LogP contribution in [0.3, 0.4) is 0 Å². The summed E-state index contributed by atoms with van der Waals surface area (Å²) in [5.74, 6) is -8.20. The smallest absolute Gasteiger partial charge is 0.305 e. The summed E-state index contributed by atoms with van der Waals surface area (Å²) < 4.78 is 0. The molecule has 0 bridgehead atoms. The number of nitrogens with two attached hydrogens (primary N) is 1. The van der Waals surface area contributed by atoms with Crippen LogP contribution in [-0.2, 0) is 43.2 Å². The van der Waals surface area contributed by atoms with Crippen molar-refractivity contribution in [3.63, 3.8) is 0 Å². The Kier molecular flexibility index (Phi) is 19.7. The van der Waals surface area contributed by atoms with Crippen LogP contribution >= 0.6 is 0 Å². The molecule has 0 rings (SSSR count). The van der Waals surface area contributed by atoms with Gasteiger partial charge in [-0.1, -0.05) is 34.1 Å². The van der Waals surface area contributed by atoms with E-state index in [-0.39, 0.29) is 37.6 Å². The zero-order valence-electron chi connectivity index (χ0n) is 27.6. The van der Waals surface area contributed by atoms with Crippen LogP contribution in [0.15, 0.2) is 0 Å². The Morgan fingerprint density at radius 3 is 1.83 bits per heavy atom. The number of nitrogens with one attached hydrogen (secondary N) is 6. The van der Waals surface area contributed by atoms with Gasteiger partial charge >= 0.3 is 5.97 Å². The number of carboxylic acids is 1. The molecule has 0 aromatic rings. The van der Waals surface area contributed by atoms with Crippen molar-refractivity contribution < 1.29 is 53.4 Å². The number of hydrogen-bond acceptors (Lipinski definition) is 13. The molecule has 0 saturated carbocycles. The summed E-state index contributed by atoms with van der Waals surface area (Å²) in [7, 11) is 1.49. The zero-order chi connectivity index (χ0) is 36.4. The first kappa shape index (κ1) is 42.9. The van der Waals surface area contributed by atoms with Crippen LogP contribution < -0.4 is 37.6 Å². The molecule has 0 fully saturated rings. The van der Waals surface area contributed by atoms with Crippen LogP contribution in [-0.4, -0.2) is 126 Å². The lowest BCUT2D eigenvalue weighted by Gasteiger charge is -2.27. The fourth-order valence-corrected chi connectivity index (χ4v) is 4.27. The van der Waals surface area contributed by atoms with Crippen molar-refractivity contribution in [2.45, 2.75) is 90.1 Å². The summed E-state index contributed by atoms with van der Waals surface area (Å²) in [6, 6.07) is -7.43. The average Bonchev–Trinajstić information content (AvgIpc) is 3.01. The minimum Gasteiger partial charge on any atom is -0.481 e. The monoisotopic (exact) mass is 671 g/mol. The van der Waals surface area contributed by atoms with Gasteiger partial charge in [0.15, 0.2) is 11.6 Å². The summed E-state index contributed by atoms with van der Waals surface area (Å²) >= 11 is 0. The normalized spacial score (nSPS) is 15.6. The highest BCUT2D eigenvalue weighted by molar-refractivity contribution is 6.41. The number of ketones is 4. The standard InChI is InChI=1S/C29H49N7O11/c1-7-15(4)25(33-10-20(39)16(5)32-11-21(40)17(31-6)8-22(30)41)29(47)35-19(12-37)26(44)27(45)24(14(2)3)36-28(46)18(34-13-38)9-23(42)43/h13-19,24-25,31-33,37H,7-12H2,1-6H3,(H2,30,41)(H,34,38)(H,35,47)(H,36,46)(H,42,43)/t15-,16-,17-,18-,19-,24-,25?/m0/s1. The third kappa shape index (κ3) is 14.9. The molecule has 7 atom stereocenters. The molecule has 266 valence electrons. The van der Waals surface area contributed by atoms with E-state index in [0.717, 1.165) is 0 Å². The minimum atomic E-state index is -1.72. The lowest BCUT2D eigenvalue weighted by atomic mass is 9.93. The Morgan fingerprint density at radius 1 is 0.766 bits per heavy atom. The third-order valence-corrected chi connectivity index (χ3v) is 7.47. The van der Waals surface area contributed by atoms with E-state index < -0.39 is 96.2 Å². The molecule has 47 heavy (non-hydrogen) atoms. The van der Waals surface area contributed by atoms with E-state index in [1.165, 1.54) is 27.8 Å². The van der Waals surface area contributed by atoms with Crippen LogP contribution in [0.1, 0.15) is 53.9 Å². The molecule has 0 saturated heterocycles. The van der Waals surface area contributed by atoms with E-state index in [2.05, 4.69) is 26.6 Å². The second-order valence-electron chi connectivity index (χ2n) is 11.4. The lowest BCUT2D eigenvalue weighted by molar-refractivity contribution is -0.143. The van der Waals surface area contributed by atoms with Gasteiger partial charge in [-0.05, 0) is 25.8 Å². The van der Waals surface area contributed by atoms with Crippen LogP contribution in [0.4, 0.5) is 0 Å². The molecule has 18 heteroatoms. The molecule has 0 aliphatic heterocycles. The van der Waals surface area contributed by atoms with Crippen molar-refractivity contribution in [3.05, 3.63) is 0 Å². The molecule has 0 heterocycles. The van der Waals surface area contributed by atoms with Crippen molar-refractivity contribution >= 4 is 53.2 Å². The van der Waals surface area contributed by atoms with Crippen LogP contribution in [0.5, 0.6) is 0 Å². The average molecular weight is 672 g/mol. The van der Waals surface area contributed by atoms with E-state index in [4.69, 9.17) is 10.8 Å². The SMILES string of the molecule is CC[C@H](C)C(NCC(=O)[C@H](C)NCC(=O)[C@H](CC(N)=O)NC)C(=O)N[C@@H](CO)C(=O)C(=O)[C@@H](NC(=O)[C@H](CC(=O)O)NC=O)C(C)C. The number of Topliss-reactive ketones (excluding diaryl/α,β-unsaturated/α-hetero) is 4. The van der Waals surface area contributed by atoms with Crippen molar-refractivity contribution in [1.82, 2.24) is 31.9 Å². The highest BCUT2D eigenvalue weighted by Gasteiger charge is 2.37. The van der Waals surface area contributed by atoms with Crippen LogP contribution in [0.25, 0.3) is 0 Å². The maximum absolute atomic E-state index is 13.2. The molecular formula is C29H49N7O11. The third-order valence-electron chi connectivity index (χ3n) is 7.47. The first-order chi connectivity index (χ1) is 21.9. The number of rotatable bonds is 26. The summed E-state index contributed by atoms with van der Waals surface area (Å²) in [5, 5.41) is 33.8. The second-order valence-corrected chi connectivity index (χ2v) is 11.4. The van der Waals surface area contributed by atoms with Gasteiger partial charge < -0.3 is 42.5 Å². The number of hydrogen-bond donors (Lipinski definition) is 9. The first-order valence-corrected chi connectivity index (χ1v) is 15.1. The predicted octanol–water partition coefficient (Wildman–Crippen LogP) is -4.08. The molecule has 0 aromatic heterocycles. The minimum absolute atomic E-state index is 0.115. The van der Waals surface area contributed by atoms with Crippen LogP contribution in [0.2, 0.25) is 0 Å². The Morgan fingerprint density at radius 2 is 1.36 bits per heavy atom. The van der Waals surface area contributed by atoms with Gasteiger partial charge in [0.1, 0.15) is 12.1 Å². The molecule has 1 unspecified atom stereocenters. The number of aliphatic hydroxyl groups excluding tert-OH is 1. The molecule has 0 aromatic carbocycles. The van der Waals surface area contributed by atoms with Gasteiger partial charge in [-0.2, -0.15) is 0 Å². The molecule has 4 amide bonds. The summed E-state index contributed by atoms with van der Waals surface area (Å²) in [5.41, 5.74) is 5.14. The number of aliphatic hydroxyl groups is 1. The largest absolute Gasteiger partial charge is 0.481 e. The fraction of sp³-hybridized carbons (Fsp3) is 0.690. The Hall–Kier alpha value is -4.13. The maximum Gasteiger partial charge on any atom is 0.305 e. The van der Waals surface area contributed by atoms with Crippen molar-refractivity contribution in [1.29, 1.82) is 0 Å². The quantitative estimate of drug-likeness (QED) is 0.0312. The summed E-state index contributed by atoms with van der Waals surface area (Å²) in [6.07, 6.45) is -0.435. The summed E-state index contributed by atoms with van der Waals surface area (Å²) in [6.45, 7) is 6.43. The van der Waals surface area contributed by atoms with Gasteiger partial charge in [0, 0.05) is 6.42 Å². The van der Waals surface area contributed by atoms with Gasteiger partial charge in [0.2, 0.25) is 35.7 Å². The van der Waals surface area contributed by atoms with Crippen LogP contribution in [0, 0.1) is 11.8 Å². The van der Waals surface area contributed by atoms with E-state index in [9.17, 15) is 48.3 Å². The summed E-state index contributed by atoms with van der Waals surface area (Å²) in [4.78, 5) is 110. The number of amides is 4. The number of carbonyl (C=O) groups is 9. The highest BCUT2D eigenvalue weighted by Crippen LogP contribution is 2.10. The Labute approximate surface area is 273 Å². The highest BCUT2D eigenvalue weighted by atomic mass is 16.4. The molecular weight excluding hydrogens is 622 g/mol. The van der Waals surface area contributed by atoms with E-state index in [0.29, 0.717) is 6.42 Å². The van der Waals surface area contributed by atoms with Crippen molar-refractivity contribution in [2.24, 2.45) is 17.6 Å². The molecule has 0 spiro atoms. The number of likely N-dealkylation sites (N-methyl/N-ethyl adjacent to an activating group) is 1.